The number of imide groups is 1. The van der Waals surface area contributed by atoms with Crippen molar-refractivity contribution >= 4 is 33.8 Å². The molecule has 3 aliphatic rings. The van der Waals surface area contributed by atoms with Crippen molar-refractivity contribution in [2.24, 2.45) is 0 Å². The van der Waals surface area contributed by atoms with Crippen LogP contribution in [0.15, 0.2) is 65.5 Å². The van der Waals surface area contributed by atoms with Gasteiger partial charge in [-0.05, 0) is 47.4 Å². The van der Waals surface area contributed by atoms with Crippen molar-refractivity contribution in [3.05, 3.63) is 77.9 Å². The third kappa shape index (κ3) is 3.05. The standard InChI is InChI=1S/C22H16N2O3S/c25-21-20(28-22(26)24-21)11-18-14(9-15-12-27-8-7-17(15)18)10-16-6-5-13-3-1-2-4-19(13)23-16/h1-9,12,20H,10-11H2,(H,24,25,26). The van der Waals surface area contributed by atoms with E-state index in [9.17, 15) is 9.59 Å². The van der Waals surface area contributed by atoms with Crippen LogP contribution < -0.4 is 5.32 Å². The van der Waals surface area contributed by atoms with Gasteiger partial charge >= 0.3 is 0 Å². The Hall–Kier alpha value is -3.12. The maximum Gasteiger partial charge on any atom is 0.286 e. The number of carbonyl (C=O) groups excluding carboxylic acids is 2. The van der Waals surface area contributed by atoms with E-state index in [0.29, 0.717) is 12.8 Å². The summed E-state index contributed by atoms with van der Waals surface area (Å²) < 4.78 is 5.32. The Kier molecular flexibility index (Phi) is 4.13. The first kappa shape index (κ1) is 17.0. The van der Waals surface area contributed by atoms with E-state index in [1.54, 1.807) is 12.5 Å². The second kappa shape index (κ2) is 6.80. The highest BCUT2D eigenvalue weighted by Crippen LogP contribution is 2.36. The minimum absolute atomic E-state index is 0.222. The molecule has 5 rings (SSSR count). The minimum Gasteiger partial charge on any atom is -0.472 e. The second-order valence-electron chi connectivity index (χ2n) is 6.83. The molecule has 138 valence electrons. The van der Waals surface area contributed by atoms with E-state index in [1.165, 1.54) is 0 Å². The van der Waals surface area contributed by atoms with Crippen molar-refractivity contribution in [3.63, 3.8) is 0 Å². The van der Waals surface area contributed by atoms with Gasteiger partial charge in [0.2, 0.25) is 5.91 Å². The Morgan fingerprint density at radius 2 is 2.00 bits per heavy atom. The lowest BCUT2D eigenvalue weighted by atomic mass is 10.00. The first-order valence-electron chi connectivity index (χ1n) is 9.00. The van der Waals surface area contributed by atoms with Gasteiger partial charge in [-0.25, -0.2) is 0 Å². The van der Waals surface area contributed by atoms with Gasteiger partial charge in [-0.3, -0.25) is 19.9 Å². The highest BCUT2D eigenvalue weighted by atomic mass is 32.2. The number of hydrogen-bond acceptors (Lipinski definition) is 5. The first-order valence-corrected chi connectivity index (χ1v) is 9.88. The zero-order chi connectivity index (χ0) is 19.1. The molecule has 2 aliphatic heterocycles. The quantitative estimate of drug-likeness (QED) is 0.560. The molecule has 1 atom stereocenters. The summed E-state index contributed by atoms with van der Waals surface area (Å²) in [7, 11) is 0. The Bertz CT molecular complexity index is 1180. The molecule has 1 aliphatic carbocycles. The monoisotopic (exact) mass is 388 g/mol. The summed E-state index contributed by atoms with van der Waals surface area (Å²) in [4.78, 5) is 28.4. The molecule has 1 aromatic carbocycles. The molecule has 2 amide bonds. The number of rotatable bonds is 4. The summed E-state index contributed by atoms with van der Waals surface area (Å²) in [6.07, 6.45) is 4.50. The molecule has 0 spiro atoms. The zero-order valence-corrected chi connectivity index (χ0v) is 15.7. The normalized spacial score (nSPS) is 16.8. The highest BCUT2D eigenvalue weighted by Gasteiger charge is 2.33. The van der Waals surface area contributed by atoms with Gasteiger partial charge in [-0.1, -0.05) is 36.0 Å². The highest BCUT2D eigenvalue weighted by molar-refractivity contribution is 8.15. The number of nitrogens with one attached hydrogen (secondary N) is 1. The largest absolute Gasteiger partial charge is 0.472 e. The number of pyridine rings is 1. The average Bonchev–Trinajstić information content (AvgIpc) is 3.21. The van der Waals surface area contributed by atoms with Crippen LogP contribution in [-0.4, -0.2) is 21.4 Å². The van der Waals surface area contributed by atoms with Crippen molar-refractivity contribution in [1.82, 2.24) is 10.3 Å². The van der Waals surface area contributed by atoms with Crippen LogP contribution in [0.2, 0.25) is 0 Å². The fourth-order valence-corrected chi connectivity index (χ4v) is 4.56. The third-order valence-corrected chi connectivity index (χ3v) is 6.03. The molecular weight excluding hydrogens is 372 g/mol. The molecule has 1 N–H and O–H groups in total. The lowest BCUT2D eigenvalue weighted by molar-refractivity contribution is -0.118. The van der Waals surface area contributed by atoms with Crippen LogP contribution in [0, 0.1) is 0 Å². The molecule has 0 saturated carbocycles. The summed E-state index contributed by atoms with van der Waals surface area (Å²) in [6, 6.07) is 16.2. The van der Waals surface area contributed by atoms with Gasteiger partial charge in [-0.2, -0.15) is 0 Å². The van der Waals surface area contributed by atoms with Crippen LogP contribution in [0.4, 0.5) is 4.79 Å². The smallest absolute Gasteiger partial charge is 0.286 e. The molecule has 6 heteroatoms. The van der Waals surface area contributed by atoms with Crippen LogP contribution in [0.5, 0.6) is 0 Å². The molecule has 3 heterocycles. The summed E-state index contributed by atoms with van der Waals surface area (Å²) in [5, 5.41) is 2.79. The second-order valence-corrected chi connectivity index (χ2v) is 8.01. The van der Waals surface area contributed by atoms with E-state index in [2.05, 4.69) is 17.4 Å². The molecule has 2 aromatic rings. The summed E-state index contributed by atoms with van der Waals surface area (Å²) in [5.41, 5.74) is 6.14. The molecule has 5 nitrogen and oxygen atoms in total. The van der Waals surface area contributed by atoms with E-state index in [4.69, 9.17) is 9.40 Å². The van der Waals surface area contributed by atoms with Crippen molar-refractivity contribution in [1.29, 1.82) is 0 Å². The fourth-order valence-electron chi connectivity index (χ4n) is 3.73. The van der Waals surface area contributed by atoms with Gasteiger partial charge in [0.05, 0.1) is 23.3 Å². The maximum atomic E-state index is 12.1. The average molecular weight is 388 g/mol. The minimum atomic E-state index is -0.404. The van der Waals surface area contributed by atoms with Crippen molar-refractivity contribution in [2.75, 3.05) is 0 Å². The lowest BCUT2D eigenvalue weighted by Crippen LogP contribution is -2.25. The number of nitrogens with zero attached hydrogens (tertiary/aromatic N) is 1. The van der Waals surface area contributed by atoms with Gasteiger partial charge in [0.25, 0.3) is 5.24 Å². The Labute approximate surface area is 165 Å². The van der Waals surface area contributed by atoms with Gasteiger partial charge < -0.3 is 4.42 Å². The molecular formula is C22H16N2O3S. The lowest BCUT2D eigenvalue weighted by Gasteiger charge is -2.10. The van der Waals surface area contributed by atoms with E-state index in [-0.39, 0.29) is 11.1 Å². The summed E-state index contributed by atoms with van der Waals surface area (Å²) in [5.74, 6) is -0.222. The van der Waals surface area contributed by atoms with E-state index < -0.39 is 5.25 Å². The van der Waals surface area contributed by atoms with E-state index in [1.807, 2.05) is 36.4 Å². The number of fused-ring (bicyclic) bond motifs is 2. The predicted molar refractivity (Wildman–Crippen MR) is 109 cm³/mol. The SMILES string of the molecule is O=C1NC(=O)C(Cc2c(Cc3ccc4ccccc4n3)cc3coccc2-3)S1. The van der Waals surface area contributed by atoms with Gasteiger partial charge in [-0.15, -0.1) is 0 Å². The molecule has 28 heavy (non-hydrogen) atoms. The Balaban J connectivity index is 1.53. The fraction of sp³-hybridized carbons (Fsp3) is 0.136. The van der Waals surface area contributed by atoms with Crippen molar-refractivity contribution in [3.8, 4) is 11.1 Å². The van der Waals surface area contributed by atoms with Crippen LogP contribution in [0.1, 0.15) is 16.8 Å². The van der Waals surface area contributed by atoms with Gasteiger partial charge in [0, 0.05) is 23.1 Å². The molecule has 1 saturated heterocycles. The first-order chi connectivity index (χ1) is 13.7. The van der Waals surface area contributed by atoms with Crippen LogP contribution in [-0.2, 0) is 17.6 Å². The molecule has 0 bridgehead atoms. The number of hydrogen-bond donors (Lipinski definition) is 1. The molecule has 1 fully saturated rings. The zero-order valence-electron chi connectivity index (χ0n) is 14.8. The Morgan fingerprint density at radius 1 is 1.11 bits per heavy atom. The molecule has 1 unspecified atom stereocenters. The van der Waals surface area contributed by atoms with Crippen molar-refractivity contribution in [2.45, 2.75) is 18.1 Å². The van der Waals surface area contributed by atoms with Crippen LogP contribution in [0.25, 0.3) is 22.0 Å². The topological polar surface area (TPSA) is 72.2 Å². The number of carbonyl (C=O) groups is 2. The third-order valence-electron chi connectivity index (χ3n) is 5.05. The van der Waals surface area contributed by atoms with Gasteiger partial charge in [0.1, 0.15) is 0 Å². The summed E-state index contributed by atoms with van der Waals surface area (Å²) >= 11 is 1.06. The number of thioether (sulfide) groups is 1. The van der Waals surface area contributed by atoms with E-state index >= 15 is 0 Å². The van der Waals surface area contributed by atoms with Crippen LogP contribution >= 0.6 is 11.8 Å². The molecule has 0 radical (unpaired) electrons. The number of para-hydroxylation sites is 1. The van der Waals surface area contributed by atoms with Gasteiger partial charge in [0.15, 0.2) is 0 Å². The van der Waals surface area contributed by atoms with Crippen LogP contribution in [0.3, 0.4) is 0 Å². The number of amides is 2. The predicted octanol–water partition coefficient (Wildman–Crippen LogP) is 4.42. The van der Waals surface area contributed by atoms with Crippen molar-refractivity contribution < 1.29 is 14.0 Å². The Morgan fingerprint density at radius 3 is 2.86 bits per heavy atom. The summed E-state index contributed by atoms with van der Waals surface area (Å²) in [6.45, 7) is 0. The number of benzene rings is 1. The van der Waals surface area contributed by atoms with E-state index in [0.717, 1.165) is 50.6 Å². The molecule has 1 aromatic heterocycles. The number of aromatic nitrogens is 1. The maximum absolute atomic E-state index is 12.1.